The summed E-state index contributed by atoms with van der Waals surface area (Å²) >= 11 is 0. The fraction of sp³-hybridized carbons (Fsp3) is 0.955. The second kappa shape index (κ2) is 9.99. The number of hydrogen-bond acceptors (Lipinski definition) is 8. The van der Waals surface area contributed by atoms with Crippen molar-refractivity contribution in [2.75, 3.05) is 53.1 Å². The fourth-order valence-electron chi connectivity index (χ4n) is 6.30. The van der Waals surface area contributed by atoms with Gasteiger partial charge in [0.25, 0.3) is 5.91 Å². The normalized spacial score (nSPS) is 41.8. The molecule has 0 aromatic carbocycles. The molecule has 1 aliphatic carbocycles. The molecule has 7 atom stereocenters. The van der Waals surface area contributed by atoms with E-state index in [4.69, 9.17) is 14.2 Å². The minimum Gasteiger partial charge on any atom is -0.382 e. The average Bonchev–Trinajstić information content (AvgIpc) is 3.33. The van der Waals surface area contributed by atoms with Crippen LogP contribution in [0.3, 0.4) is 0 Å². The zero-order chi connectivity index (χ0) is 21.2. The molecule has 0 aromatic heterocycles. The van der Waals surface area contributed by atoms with Crippen LogP contribution in [0.1, 0.15) is 38.5 Å². The Labute approximate surface area is 185 Å². The predicted molar refractivity (Wildman–Crippen MR) is 115 cm³/mol. The van der Waals surface area contributed by atoms with Crippen LogP contribution in [-0.4, -0.2) is 99.5 Å². The van der Waals surface area contributed by atoms with Crippen LogP contribution in [0.2, 0.25) is 0 Å². The molecular formula is C22H39N5O4. The molecule has 176 valence electrons. The zero-order valence-electron chi connectivity index (χ0n) is 18.8. The Morgan fingerprint density at radius 2 is 2.10 bits per heavy atom. The second-order valence-corrected chi connectivity index (χ2v) is 9.79. The van der Waals surface area contributed by atoms with Gasteiger partial charge in [0.05, 0.1) is 32.0 Å². The molecule has 1 amide bonds. The van der Waals surface area contributed by atoms with Crippen molar-refractivity contribution in [1.29, 1.82) is 0 Å². The van der Waals surface area contributed by atoms with Crippen molar-refractivity contribution in [1.82, 2.24) is 26.0 Å². The molecule has 4 heterocycles. The Morgan fingerprint density at radius 3 is 3.00 bits per heavy atom. The Balaban J connectivity index is 1.29. The third-order valence-corrected chi connectivity index (χ3v) is 7.95. The molecule has 3 N–H and O–H groups in total. The third kappa shape index (κ3) is 4.78. The van der Waals surface area contributed by atoms with E-state index in [-0.39, 0.29) is 24.3 Å². The number of methoxy groups -OCH3 is 1. The summed E-state index contributed by atoms with van der Waals surface area (Å²) in [7, 11) is 1.65. The number of hydrazine groups is 1. The first kappa shape index (κ1) is 22.0. The number of hydrogen-bond donors (Lipinski definition) is 3. The van der Waals surface area contributed by atoms with Crippen molar-refractivity contribution in [2.45, 2.75) is 69.1 Å². The number of rotatable bonds is 4. The molecule has 1 saturated carbocycles. The maximum Gasteiger partial charge on any atom is 0.252 e. The molecule has 0 spiro atoms. The summed E-state index contributed by atoms with van der Waals surface area (Å²) in [5, 5.41) is 9.94. The van der Waals surface area contributed by atoms with E-state index in [1.165, 1.54) is 25.7 Å². The highest BCUT2D eigenvalue weighted by molar-refractivity contribution is 5.83. The number of ether oxygens (including phenoxy) is 3. The maximum absolute atomic E-state index is 13.0. The summed E-state index contributed by atoms with van der Waals surface area (Å²) < 4.78 is 17.3. The summed E-state index contributed by atoms with van der Waals surface area (Å²) in [6.07, 6.45) is 6.73. The lowest BCUT2D eigenvalue weighted by Gasteiger charge is -2.42. The Hall–Kier alpha value is -0.810. The van der Waals surface area contributed by atoms with Crippen molar-refractivity contribution >= 4 is 5.91 Å². The molecule has 4 aliphatic heterocycles. The summed E-state index contributed by atoms with van der Waals surface area (Å²) in [6, 6.07) is 0.623. The summed E-state index contributed by atoms with van der Waals surface area (Å²) in [5.74, 6) is 1.45. The summed E-state index contributed by atoms with van der Waals surface area (Å²) in [6.45, 7) is 5.14. The molecule has 5 rings (SSSR count). The fourth-order valence-corrected chi connectivity index (χ4v) is 6.30. The van der Waals surface area contributed by atoms with Gasteiger partial charge < -0.3 is 24.4 Å². The lowest BCUT2D eigenvalue weighted by atomic mass is 9.76. The number of carbonyl (C=O) groups is 1. The van der Waals surface area contributed by atoms with E-state index < -0.39 is 0 Å². The Bertz CT molecular complexity index is 625. The van der Waals surface area contributed by atoms with Crippen molar-refractivity contribution in [3.05, 3.63) is 0 Å². The van der Waals surface area contributed by atoms with Gasteiger partial charge in [0.15, 0.2) is 0 Å². The van der Waals surface area contributed by atoms with Crippen LogP contribution in [0.4, 0.5) is 0 Å². The highest BCUT2D eigenvalue weighted by Crippen LogP contribution is 2.36. The minimum absolute atomic E-state index is 0.0505. The number of fused-ring (bicyclic) bond motifs is 5. The molecule has 5 unspecified atom stereocenters. The molecule has 9 nitrogen and oxygen atoms in total. The van der Waals surface area contributed by atoms with Gasteiger partial charge in [0, 0.05) is 58.1 Å². The number of carbonyl (C=O) groups excluding carboxylic acids is 1. The highest BCUT2D eigenvalue weighted by atomic mass is 16.5. The largest absolute Gasteiger partial charge is 0.382 e. The number of amides is 1. The van der Waals surface area contributed by atoms with Gasteiger partial charge >= 0.3 is 0 Å². The first-order valence-electron chi connectivity index (χ1n) is 12.2. The first-order valence-corrected chi connectivity index (χ1v) is 12.2. The topological polar surface area (TPSA) is 87.3 Å². The Morgan fingerprint density at radius 1 is 1.16 bits per heavy atom. The molecule has 0 radical (unpaired) electrons. The van der Waals surface area contributed by atoms with E-state index in [2.05, 4.69) is 21.1 Å². The Kier molecular flexibility index (Phi) is 7.09. The van der Waals surface area contributed by atoms with Crippen LogP contribution < -0.4 is 16.1 Å². The summed E-state index contributed by atoms with van der Waals surface area (Å²) in [5.41, 5.74) is 3.63. The van der Waals surface area contributed by atoms with Gasteiger partial charge in [-0.05, 0) is 25.2 Å². The van der Waals surface area contributed by atoms with Crippen molar-refractivity contribution < 1.29 is 19.0 Å². The number of nitrogens with zero attached hydrogens (tertiary/aromatic N) is 2. The lowest BCUT2D eigenvalue weighted by Crippen LogP contribution is -2.59. The van der Waals surface area contributed by atoms with Gasteiger partial charge in [-0.1, -0.05) is 6.42 Å². The van der Waals surface area contributed by atoms with Gasteiger partial charge in [-0.15, -0.1) is 0 Å². The van der Waals surface area contributed by atoms with E-state index >= 15 is 0 Å². The van der Waals surface area contributed by atoms with Crippen molar-refractivity contribution in [3.8, 4) is 0 Å². The number of nitrogens with one attached hydrogen (secondary N) is 3. The molecule has 5 fully saturated rings. The van der Waals surface area contributed by atoms with Crippen LogP contribution in [0.15, 0.2) is 0 Å². The smallest absolute Gasteiger partial charge is 0.252 e. The highest BCUT2D eigenvalue weighted by Gasteiger charge is 2.45. The van der Waals surface area contributed by atoms with E-state index in [0.717, 1.165) is 38.5 Å². The van der Waals surface area contributed by atoms with Gasteiger partial charge in [0.1, 0.15) is 12.3 Å². The van der Waals surface area contributed by atoms with Gasteiger partial charge in [-0.3, -0.25) is 15.5 Å². The maximum atomic E-state index is 13.0. The van der Waals surface area contributed by atoms with Crippen LogP contribution >= 0.6 is 0 Å². The predicted octanol–water partition coefficient (Wildman–Crippen LogP) is -0.121. The minimum atomic E-state index is -0.378. The van der Waals surface area contributed by atoms with Crippen LogP contribution in [-0.2, 0) is 19.0 Å². The summed E-state index contributed by atoms with van der Waals surface area (Å²) in [4.78, 5) is 15.0. The molecule has 4 saturated heterocycles. The van der Waals surface area contributed by atoms with Crippen molar-refractivity contribution in [2.24, 2.45) is 11.8 Å². The monoisotopic (exact) mass is 437 g/mol. The van der Waals surface area contributed by atoms with E-state index in [9.17, 15) is 4.79 Å². The van der Waals surface area contributed by atoms with E-state index in [1.54, 1.807) is 7.11 Å². The van der Waals surface area contributed by atoms with Crippen LogP contribution in [0, 0.1) is 11.8 Å². The first-order chi connectivity index (χ1) is 15.2. The molecule has 5 aliphatic rings. The molecule has 0 aromatic rings. The SMILES string of the molecule is COCCO[C@@H]1C[C@H]2COC3CCN4NCC(C5CCCC(C5)NCCN2C1=O)C4N3. The molecule has 31 heavy (non-hydrogen) atoms. The van der Waals surface area contributed by atoms with Crippen LogP contribution in [0.25, 0.3) is 0 Å². The quantitative estimate of drug-likeness (QED) is 0.525. The third-order valence-electron chi connectivity index (χ3n) is 7.95. The van der Waals surface area contributed by atoms with Gasteiger partial charge in [0.2, 0.25) is 0 Å². The molecular weight excluding hydrogens is 398 g/mol. The zero-order valence-corrected chi connectivity index (χ0v) is 18.8. The van der Waals surface area contributed by atoms with E-state index in [0.29, 0.717) is 44.4 Å². The van der Waals surface area contributed by atoms with Gasteiger partial charge in [-0.25, -0.2) is 5.01 Å². The molecule has 9 heteroatoms. The second-order valence-electron chi connectivity index (χ2n) is 9.79. The lowest BCUT2D eigenvalue weighted by molar-refractivity contribution is -0.139. The van der Waals surface area contributed by atoms with Gasteiger partial charge in [-0.2, -0.15) is 0 Å². The standard InChI is InChI=1S/C22H39N5O4/c1-29-9-10-30-19-12-17-14-31-20-5-7-27-21(25-20)18(13-24-27)15-3-2-4-16(11-15)23-6-8-26(17)22(19)28/h15-21,23-25H,2-14H2,1H3/t15?,16?,17-,18?,19+,20?,21?/m0/s1. The van der Waals surface area contributed by atoms with E-state index in [1.807, 2.05) is 4.90 Å². The molecule has 4 bridgehead atoms. The average molecular weight is 438 g/mol. The van der Waals surface area contributed by atoms with Crippen molar-refractivity contribution in [3.63, 3.8) is 0 Å². The van der Waals surface area contributed by atoms with Crippen LogP contribution in [0.5, 0.6) is 0 Å².